The predicted octanol–water partition coefficient (Wildman–Crippen LogP) is 3.39. The van der Waals surface area contributed by atoms with Crippen LogP contribution in [0.5, 0.6) is 0 Å². The molecule has 1 N–H and O–H groups in total. The topological polar surface area (TPSA) is 29.1 Å². The zero-order chi connectivity index (χ0) is 12.0. The number of hydrogen-bond donors (Lipinski definition) is 1. The van der Waals surface area contributed by atoms with Crippen LogP contribution < -0.4 is 5.32 Å². The van der Waals surface area contributed by atoms with Gasteiger partial charge in [-0.1, -0.05) is 26.0 Å². The van der Waals surface area contributed by atoms with E-state index in [9.17, 15) is 4.79 Å². The Balaban J connectivity index is 2.13. The highest BCUT2D eigenvalue weighted by Crippen LogP contribution is 2.57. The molecule has 2 aliphatic rings. The SMILES string of the molecule is CC(C)c1ccc2c(c1)C1(SCCS1)C(=O)N2. The van der Waals surface area contributed by atoms with Gasteiger partial charge in [-0.2, -0.15) is 0 Å². The maximum atomic E-state index is 12.2. The lowest BCUT2D eigenvalue weighted by atomic mass is 9.99. The van der Waals surface area contributed by atoms with Crippen LogP contribution in [-0.2, 0) is 8.87 Å². The first-order valence-electron chi connectivity index (χ1n) is 5.87. The first-order chi connectivity index (χ1) is 8.13. The number of hydrogen-bond acceptors (Lipinski definition) is 3. The predicted molar refractivity (Wildman–Crippen MR) is 75.8 cm³/mol. The zero-order valence-electron chi connectivity index (χ0n) is 9.95. The van der Waals surface area contributed by atoms with Crippen LogP contribution in [0.1, 0.15) is 30.9 Å². The van der Waals surface area contributed by atoms with Crippen molar-refractivity contribution >= 4 is 35.1 Å². The van der Waals surface area contributed by atoms with Crippen molar-refractivity contribution in [3.63, 3.8) is 0 Å². The minimum Gasteiger partial charge on any atom is -0.323 e. The summed E-state index contributed by atoms with van der Waals surface area (Å²) < 4.78 is -0.361. The van der Waals surface area contributed by atoms with E-state index in [1.54, 1.807) is 23.5 Å². The second kappa shape index (κ2) is 3.95. The molecule has 1 fully saturated rings. The van der Waals surface area contributed by atoms with Crippen LogP contribution in [0.25, 0.3) is 0 Å². The third kappa shape index (κ3) is 1.61. The third-order valence-electron chi connectivity index (χ3n) is 3.31. The van der Waals surface area contributed by atoms with E-state index in [2.05, 4.69) is 37.4 Å². The fourth-order valence-corrected chi connectivity index (χ4v) is 5.42. The molecule has 17 heavy (non-hydrogen) atoms. The van der Waals surface area contributed by atoms with Crippen molar-refractivity contribution in [1.29, 1.82) is 0 Å². The van der Waals surface area contributed by atoms with Gasteiger partial charge in [0.1, 0.15) is 0 Å². The third-order valence-corrected chi connectivity index (χ3v) is 6.71. The van der Waals surface area contributed by atoms with Crippen LogP contribution in [0, 0.1) is 0 Å². The molecule has 1 spiro atoms. The van der Waals surface area contributed by atoms with Gasteiger partial charge in [0.15, 0.2) is 4.08 Å². The Morgan fingerprint density at radius 2 is 2.00 bits per heavy atom. The van der Waals surface area contributed by atoms with Gasteiger partial charge < -0.3 is 5.32 Å². The van der Waals surface area contributed by atoms with Crippen LogP contribution >= 0.6 is 23.5 Å². The van der Waals surface area contributed by atoms with E-state index in [1.807, 2.05) is 0 Å². The molecular weight excluding hydrogens is 250 g/mol. The number of anilines is 1. The molecule has 2 nitrogen and oxygen atoms in total. The summed E-state index contributed by atoms with van der Waals surface area (Å²) in [7, 11) is 0. The maximum Gasteiger partial charge on any atom is 0.255 e. The molecule has 2 aliphatic heterocycles. The molecule has 0 saturated carbocycles. The summed E-state index contributed by atoms with van der Waals surface area (Å²) in [6.45, 7) is 4.38. The number of thioether (sulfide) groups is 2. The number of carbonyl (C=O) groups excluding carboxylic acids is 1. The summed E-state index contributed by atoms with van der Waals surface area (Å²) in [5.74, 6) is 2.78. The number of nitrogens with one attached hydrogen (secondary N) is 1. The van der Waals surface area contributed by atoms with Crippen LogP contribution in [0.4, 0.5) is 5.69 Å². The van der Waals surface area contributed by atoms with E-state index in [0.29, 0.717) is 5.92 Å². The monoisotopic (exact) mass is 265 g/mol. The standard InChI is InChI=1S/C13H15NOS2/c1-8(2)9-3-4-11-10(7-9)13(12(15)14-11)16-5-6-17-13/h3-4,7-8H,5-6H2,1-2H3,(H,14,15). The van der Waals surface area contributed by atoms with E-state index in [-0.39, 0.29) is 9.99 Å². The Morgan fingerprint density at radius 3 is 2.65 bits per heavy atom. The molecule has 0 unspecified atom stereocenters. The summed E-state index contributed by atoms with van der Waals surface area (Å²) in [4.78, 5) is 12.2. The Morgan fingerprint density at radius 1 is 1.29 bits per heavy atom. The molecule has 0 atom stereocenters. The smallest absolute Gasteiger partial charge is 0.255 e. The quantitative estimate of drug-likeness (QED) is 0.844. The zero-order valence-corrected chi connectivity index (χ0v) is 11.6. The normalized spacial score (nSPS) is 21.0. The highest BCUT2D eigenvalue weighted by molar-refractivity contribution is 8.21. The number of benzene rings is 1. The van der Waals surface area contributed by atoms with Gasteiger partial charge in [-0.15, -0.1) is 23.5 Å². The molecule has 1 amide bonds. The Hall–Kier alpha value is -0.610. The van der Waals surface area contributed by atoms with Crippen molar-refractivity contribution in [2.75, 3.05) is 16.8 Å². The molecule has 90 valence electrons. The second-order valence-electron chi connectivity index (χ2n) is 4.73. The van der Waals surface area contributed by atoms with Gasteiger partial charge in [-0.25, -0.2) is 0 Å². The number of fused-ring (bicyclic) bond motifs is 2. The van der Waals surface area contributed by atoms with Gasteiger partial charge in [0.2, 0.25) is 0 Å². The van der Waals surface area contributed by atoms with Crippen molar-refractivity contribution in [1.82, 2.24) is 0 Å². The highest BCUT2D eigenvalue weighted by Gasteiger charge is 2.50. The molecule has 1 saturated heterocycles. The summed E-state index contributed by atoms with van der Waals surface area (Å²) in [5, 5.41) is 3.02. The Kier molecular flexibility index (Phi) is 2.67. The average molecular weight is 265 g/mol. The van der Waals surface area contributed by atoms with E-state index in [0.717, 1.165) is 17.2 Å². The lowest BCUT2D eigenvalue weighted by molar-refractivity contribution is -0.116. The molecule has 3 rings (SSSR count). The van der Waals surface area contributed by atoms with Gasteiger partial charge in [0.05, 0.1) is 0 Å². The molecule has 0 aromatic heterocycles. The lowest BCUT2D eigenvalue weighted by Gasteiger charge is -2.19. The van der Waals surface area contributed by atoms with Crippen molar-refractivity contribution < 1.29 is 4.79 Å². The molecule has 0 bridgehead atoms. The summed E-state index contributed by atoms with van der Waals surface area (Å²) >= 11 is 3.55. The molecule has 4 heteroatoms. The van der Waals surface area contributed by atoms with Gasteiger partial charge in [0, 0.05) is 22.8 Å². The van der Waals surface area contributed by atoms with Crippen LogP contribution in [0.2, 0.25) is 0 Å². The first-order valence-corrected chi connectivity index (χ1v) is 7.84. The maximum absolute atomic E-state index is 12.2. The minimum atomic E-state index is -0.361. The summed E-state index contributed by atoms with van der Waals surface area (Å²) in [6, 6.07) is 6.38. The Labute approximate surface area is 110 Å². The first kappa shape index (κ1) is 11.5. The van der Waals surface area contributed by atoms with Gasteiger partial charge >= 0.3 is 0 Å². The molecule has 2 heterocycles. The summed E-state index contributed by atoms with van der Waals surface area (Å²) in [5.41, 5.74) is 3.50. The highest BCUT2D eigenvalue weighted by atomic mass is 32.2. The number of amides is 1. The van der Waals surface area contributed by atoms with E-state index in [1.165, 1.54) is 11.1 Å². The van der Waals surface area contributed by atoms with Crippen molar-refractivity contribution in [3.8, 4) is 0 Å². The van der Waals surface area contributed by atoms with E-state index in [4.69, 9.17) is 0 Å². The number of carbonyl (C=O) groups is 1. The minimum absolute atomic E-state index is 0.154. The van der Waals surface area contributed by atoms with Crippen LogP contribution in [0.15, 0.2) is 18.2 Å². The summed E-state index contributed by atoms with van der Waals surface area (Å²) in [6.07, 6.45) is 0. The molecule has 1 aromatic carbocycles. The van der Waals surface area contributed by atoms with Gasteiger partial charge in [0.25, 0.3) is 5.91 Å². The van der Waals surface area contributed by atoms with Crippen LogP contribution in [-0.4, -0.2) is 17.4 Å². The molecule has 0 aliphatic carbocycles. The van der Waals surface area contributed by atoms with Crippen molar-refractivity contribution in [2.24, 2.45) is 0 Å². The fraction of sp³-hybridized carbons (Fsp3) is 0.462. The van der Waals surface area contributed by atoms with Crippen molar-refractivity contribution in [3.05, 3.63) is 29.3 Å². The molecule has 0 radical (unpaired) electrons. The Bertz CT molecular complexity index is 478. The molecule has 1 aromatic rings. The average Bonchev–Trinajstić information content (AvgIpc) is 2.88. The largest absolute Gasteiger partial charge is 0.323 e. The second-order valence-corrected chi connectivity index (χ2v) is 7.60. The lowest BCUT2D eigenvalue weighted by Crippen LogP contribution is -2.24. The van der Waals surface area contributed by atoms with Gasteiger partial charge in [-0.3, -0.25) is 4.79 Å². The molecular formula is C13H15NOS2. The van der Waals surface area contributed by atoms with Crippen LogP contribution in [0.3, 0.4) is 0 Å². The fourth-order valence-electron chi connectivity index (χ4n) is 2.33. The van der Waals surface area contributed by atoms with Gasteiger partial charge in [-0.05, 0) is 17.5 Å². The van der Waals surface area contributed by atoms with E-state index < -0.39 is 0 Å². The van der Waals surface area contributed by atoms with Crippen molar-refractivity contribution in [2.45, 2.75) is 23.8 Å². The van der Waals surface area contributed by atoms with E-state index >= 15 is 0 Å². The number of rotatable bonds is 1.